The van der Waals surface area contributed by atoms with E-state index in [1.165, 1.54) is 0 Å². The van der Waals surface area contributed by atoms with Crippen molar-refractivity contribution in [3.63, 3.8) is 0 Å². The lowest BCUT2D eigenvalue weighted by molar-refractivity contribution is 0.0838. The van der Waals surface area contributed by atoms with Crippen LogP contribution in [0.3, 0.4) is 0 Å². The third kappa shape index (κ3) is 4.54. The van der Waals surface area contributed by atoms with Crippen molar-refractivity contribution in [1.29, 1.82) is 0 Å². The Labute approximate surface area is 178 Å². The number of rotatable bonds is 8. The fourth-order valence-corrected chi connectivity index (χ4v) is 4.59. The number of nitrogens with zero attached hydrogens (tertiary/aromatic N) is 2. The van der Waals surface area contributed by atoms with Crippen LogP contribution in [-0.2, 0) is 6.54 Å². The Kier molecular flexibility index (Phi) is 6.44. The Morgan fingerprint density at radius 2 is 1.57 bits per heavy atom. The van der Waals surface area contributed by atoms with Gasteiger partial charge in [0.2, 0.25) is 0 Å². The van der Waals surface area contributed by atoms with Gasteiger partial charge < -0.3 is 9.47 Å². The molecule has 2 heterocycles. The largest absolute Gasteiger partial charge is 0.347 e. The van der Waals surface area contributed by atoms with Crippen molar-refractivity contribution in [2.45, 2.75) is 39.2 Å². The van der Waals surface area contributed by atoms with Gasteiger partial charge in [0, 0.05) is 40.7 Å². The van der Waals surface area contributed by atoms with Crippen LogP contribution in [0.25, 0.3) is 10.9 Å². The van der Waals surface area contributed by atoms with Crippen molar-refractivity contribution in [2.24, 2.45) is 5.92 Å². The second kappa shape index (κ2) is 9.40. The molecule has 156 valence electrons. The summed E-state index contributed by atoms with van der Waals surface area (Å²) in [6, 6.07) is 17.8. The molecule has 4 heteroatoms. The lowest BCUT2D eigenvalue weighted by Gasteiger charge is -2.31. The molecule has 1 saturated heterocycles. The molecule has 0 atom stereocenters. The minimum atomic E-state index is 0.123. The average Bonchev–Trinajstić information content (AvgIpc) is 3.16. The Bertz CT molecular complexity index is 1010. The fraction of sp³-hybridized carbons (Fsp3) is 0.385. The van der Waals surface area contributed by atoms with E-state index in [9.17, 15) is 9.59 Å². The summed E-state index contributed by atoms with van der Waals surface area (Å²) in [5, 5.41) is 1.05. The summed E-state index contributed by atoms with van der Waals surface area (Å²) in [4.78, 5) is 27.1. The summed E-state index contributed by atoms with van der Waals surface area (Å²) in [6.07, 6.45) is 6.13. The molecule has 0 radical (unpaired) electrons. The Morgan fingerprint density at radius 3 is 2.30 bits per heavy atom. The predicted octanol–water partition coefficient (Wildman–Crippen LogP) is 5.22. The molecule has 1 fully saturated rings. The fourth-order valence-electron chi connectivity index (χ4n) is 4.59. The van der Waals surface area contributed by atoms with Crippen LogP contribution in [0.1, 0.15) is 53.3 Å². The number of ketones is 2. The van der Waals surface area contributed by atoms with E-state index < -0.39 is 0 Å². The highest BCUT2D eigenvalue weighted by molar-refractivity contribution is 6.06. The van der Waals surface area contributed by atoms with Crippen LogP contribution in [0.15, 0.2) is 60.8 Å². The minimum Gasteiger partial charge on any atom is -0.347 e. The SMILES string of the molecule is CC(=O)c1cn(CCCCN2CCC(C(=O)c3ccccc3)CC2)c2ccccc12. The van der Waals surface area contributed by atoms with Crippen molar-refractivity contribution in [3.8, 4) is 0 Å². The van der Waals surface area contributed by atoms with E-state index in [1.54, 1.807) is 6.92 Å². The summed E-state index contributed by atoms with van der Waals surface area (Å²) >= 11 is 0. The second-order valence-corrected chi connectivity index (χ2v) is 8.36. The van der Waals surface area contributed by atoms with Gasteiger partial charge in [0.25, 0.3) is 0 Å². The highest BCUT2D eigenvalue weighted by Gasteiger charge is 2.25. The standard InChI is InChI=1S/C26H30N2O2/c1-20(29)24-19-28(25-12-6-5-11-23(24)25)16-8-7-15-27-17-13-22(14-18-27)26(30)21-9-3-2-4-10-21/h2-6,9-12,19,22H,7-8,13-18H2,1H3. The normalized spacial score (nSPS) is 15.5. The van der Waals surface area contributed by atoms with Crippen LogP contribution in [0.5, 0.6) is 0 Å². The van der Waals surface area contributed by atoms with Crippen LogP contribution in [0.4, 0.5) is 0 Å². The van der Waals surface area contributed by atoms with Crippen molar-refractivity contribution in [2.75, 3.05) is 19.6 Å². The van der Waals surface area contributed by atoms with Gasteiger partial charge in [-0.2, -0.15) is 0 Å². The summed E-state index contributed by atoms with van der Waals surface area (Å²) in [5.74, 6) is 0.591. The lowest BCUT2D eigenvalue weighted by Crippen LogP contribution is -2.37. The van der Waals surface area contributed by atoms with Gasteiger partial charge in [-0.25, -0.2) is 0 Å². The molecule has 0 bridgehead atoms. The molecule has 2 aromatic carbocycles. The zero-order chi connectivity index (χ0) is 20.9. The molecular formula is C26H30N2O2. The second-order valence-electron chi connectivity index (χ2n) is 8.36. The predicted molar refractivity (Wildman–Crippen MR) is 121 cm³/mol. The molecule has 0 aliphatic carbocycles. The Balaban J connectivity index is 1.24. The maximum absolute atomic E-state index is 12.6. The van der Waals surface area contributed by atoms with Crippen LogP contribution >= 0.6 is 0 Å². The first-order valence-electron chi connectivity index (χ1n) is 11.0. The molecule has 1 aromatic heterocycles. The average molecular weight is 403 g/mol. The van der Waals surface area contributed by atoms with Crippen LogP contribution in [-0.4, -0.2) is 40.7 Å². The zero-order valence-corrected chi connectivity index (χ0v) is 17.7. The number of piperidine rings is 1. The van der Waals surface area contributed by atoms with Crippen molar-refractivity contribution < 1.29 is 9.59 Å². The van der Waals surface area contributed by atoms with E-state index in [0.717, 1.165) is 73.9 Å². The molecule has 0 N–H and O–H groups in total. The van der Waals surface area contributed by atoms with Crippen LogP contribution < -0.4 is 0 Å². The highest BCUT2D eigenvalue weighted by atomic mass is 16.1. The van der Waals surface area contributed by atoms with E-state index in [0.29, 0.717) is 5.78 Å². The van der Waals surface area contributed by atoms with Crippen molar-refractivity contribution in [3.05, 3.63) is 71.9 Å². The molecule has 3 aromatic rings. The van der Waals surface area contributed by atoms with E-state index >= 15 is 0 Å². The van der Waals surface area contributed by atoms with Gasteiger partial charge in [-0.3, -0.25) is 9.59 Å². The molecule has 4 rings (SSSR count). The summed E-state index contributed by atoms with van der Waals surface area (Å²) in [6.45, 7) is 5.65. The first-order valence-corrected chi connectivity index (χ1v) is 11.0. The van der Waals surface area contributed by atoms with Crippen molar-refractivity contribution >= 4 is 22.5 Å². The molecular weight excluding hydrogens is 372 g/mol. The first kappa shape index (κ1) is 20.5. The van der Waals surface area contributed by atoms with Gasteiger partial charge in [-0.1, -0.05) is 48.5 Å². The molecule has 30 heavy (non-hydrogen) atoms. The first-order chi connectivity index (χ1) is 14.6. The maximum atomic E-state index is 12.6. The number of carbonyl (C=O) groups is 2. The number of hydrogen-bond donors (Lipinski definition) is 0. The number of aromatic nitrogens is 1. The zero-order valence-electron chi connectivity index (χ0n) is 17.7. The van der Waals surface area contributed by atoms with Crippen molar-refractivity contribution in [1.82, 2.24) is 9.47 Å². The molecule has 4 nitrogen and oxygen atoms in total. The number of Topliss-reactive ketones (excluding diaryl/α,β-unsaturated/α-hetero) is 2. The molecule has 0 saturated carbocycles. The number of para-hydroxylation sites is 1. The Morgan fingerprint density at radius 1 is 0.900 bits per heavy atom. The topological polar surface area (TPSA) is 42.3 Å². The summed E-state index contributed by atoms with van der Waals surface area (Å²) < 4.78 is 2.22. The van der Waals surface area contributed by atoms with Gasteiger partial charge in [-0.15, -0.1) is 0 Å². The molecule has 1 aliphatic heterocycles. The number of fused-ring (bicyclic) bond motifs is 1. The Hall–Kier alpha value is -2.72. The maximum Gasteiger partial charge on any atom is 0.166 e. The monoisotopic (exact) mass is 402 g/mol. The van der Waals surface area contributed by atoms with Gasteiger partial charge >= 0.3 is 0 Å². The summed E-state index contributed by atoms with van der Waals surface area (Å²) in [5.41, 5.74) is 2.80. The number of unbranched alkanes of at least 4 members (excludes halogenated alkanes) is 1. The third-order valence-electron chi connectivity index (χ3n) is 6.31. The van der Waals surface area contributed by atoms with E-state index in [4.69, 9.17) is 0 Å². The van der Waals surface area contributed by atoms with E-state index in [-0.39, 0.29) is 11.7 Å². The molecule has 0 unspecified atom stereocenters. The van der Waals surface area contributed by atoms with Gasteiger partial charge in [-0.05, 0) is 58.3 Å². The lowest BCUT2D eigenvalue weighted by atomic mass is 9.89. The highest BCUT2D eigenvalue weighted by Crippen LogP contribution is 2.24. The molecule has 1 aliphatic rings. The molecule has 0 spiro atoms. The van der Waals surface area contributed by atoms with Gasteiger partial charge in [0.1, 0.15) is 0 Å². The number of aryl methyl sites for hydroxylation is 1. The van der Waals surface area contributed by atoms with E-state index in [1.807, 2.05) is 54.7 Å². The van der Waals surface area contributed by atoms with E-state index in [2.05, 4.69) is 15.5 Å². The van der Waals surface area contributed by atoms with Crippen LogP contribution in [0.2, 0.25) is 0 Å². The number of carbonyl (C=O) groups excluding carboxylic acids is 2. The number of likely N-dealkylation sites (tertiary alicyclic amines) is 1. The van der Waals surface area contributed by atoms with Gasteiger partial charge in [0.05, 0.1) is 0 Å². The number of benzene rings is 2. The van der Waals surface area contributed by atoms with Gasteiger partial charge in [0.15, 0.2) is 11.6 Å². The molecule has 0 amide bonds. The third-order valence-corrected chi connectivity index (χ3v) is 6.31. The van der Waals surface area contributed by atoms with Crippen LogP contribution in [0, 0.1) is 5.92 Å². The smallest absolute Gasteiger partial charge is 0.166 e. The summed E-state index contributed by atoms with van der Waals surface area (Å²) in [7, 11) is 0. The minimum absolute atomic E-state index is 0.123. The quantitative estimate of drug-likeness (QED) is 0.383. The number of hydrogen-bond acceptors (Lipinski definition) is 3.